The highest BCUT2D eigenvalue weighted by atomic mass is 15.2. The summed E-state index contributed by atoms with van der Waals surface area (Å²) in [6.45, 7) is 5.81. The SMILES string of the molecule is CC(C)C1CCCCC1NCCCc1ncn[nH]1. The number of H-pyrrole nitrogens is 1. The van der Waals surface area contributed by atoms with E-state index in [1.54, 1.807) is 6.33 Å². The summed E-state index contributed by atoms with van der Waals surface area (Å²) in [7, 11) is 0. The largest absolute Gasteiger partial charge is 0.314 e. The van der Waals surface area contributed by atoms with Crippen LogP contribution in [0.2, 0.25) is 0 Å². The van der Waals surface area contributed by atoms with Gasteiger partial charge in [-0.15, -0.1) is 0 Å². The van der Waals surface area contributed by atoms with Gasteiger partial charge in [0.25, 0.3) is 0 Å². The van der Waals surface area contributed by atoms with Crippen LogP contribution in [0.1, 0.15) is 51.8 Å². The Morgan fingerprint density at radius 2 is 2.22 bits per heavy atom. The lowest BCUT2D eigenvalue weighted by Crippen LogP contribution is -2.41. The summed E-state index contributed by atoms with van der Waals surface area (Å²) in [5, 5.41) is 10.5. The second-order valence-electron chi connectivity index (χ2n) is 5.79. The van der Waals surface area contributed by atoms with Crippen LogP contribution in [0.5, 0.6) is 0 Å². The molecule has 1 heterocycles. The van der Waals surface area contributed by atoms with Gasteiger partial charge in [0, 0.05) is 12.5 Å². The molecule has 2 N–H and O–H groups in total. The minimum absolute atomic E-state index is 0.730. The summed E-state index contributed by atoms with van der Waals surface area (Å²) in [6.07, 6.45) is 9.27. The Labute approximate surface area is 110 Å². The van der Waals surface area contributed by atoms with Crippen LogP contribution in [0.3, 0.4) is 0 Å². The van der Waals surface area contributed by atoms with E-state index >= 15 is 0 Å². The van der Waals surface area contributed by atoms with E-state index in [1.807, 2.05) is 0 Å². The molecule has 0 saturated heterocycles. The number of aromatic nitrogens is 3. The molecule has 1 saturated carbocycles. The number of rotatable bonds is 6. The van der Waals surface area contributed by atoms with Crippen molar-refractivity contribution in [1.29, 1.82) is 0 Å². The van der Waals surface area contributed by atoms with E-state index in [2.05, 4.69) is 34.3 Å². The maximum atomic E-state index is 4.15. The third kappa shape index (κ3) is 3.80. The van der Waals surface area contributed by atoms with Gasteiger partial charge in [-0.2, -0.15) is 5.10 Å². The van der Waals surface area contributed by atoms with E-state index in [0.717, 1.165) is 43.1 Å². The zero-order valence-corrected chi connectivity index (χ0v) is 11.7. The van der Waals surface area contributed by atoms with Gasteiger partial charge in [0.2, 0.25) is 0 Å². The van der Waals surface area contributed by atoms with Crippen LogP contribution in [-0.2, 0) is 6.42 Å². The lowest BCUT2D eigenvalue weighted by atomic mass is 9.78. The number of nitrogens with one attached hydrogen (secondary N) is 2. The first-order chi connectivity index (χ1) is 8.77. The summed E-state index contributed by atoms with van der Waals surface area (Å²) in [6, 6.07) is 0.730. The van der Waals surface area contributed by atoms with Gasteiger partial charge in [0.15, 0.2) is 0 Å². The topological polar surface area (TPSA) is 53.6 Å². The number of hydrogen-bond donors (Lipinski definition) is 2. The molecule has 2 rings (SSSR count). The summed E-state index contributed by atoms with van der Waals surface area (Å²) in [4.78, 5) is 4.15. The first-order valence-corrected chi connectivity index (χ1v) is 7.35. The Balaban J connectivity index is 1.68. The van der Waals surface area contributed by atoms with Crippen LogP contribution < -0.4 is 5.32 Å². The average molecular weight is 250 g/mol. The zero-order chi connectivity index (χ0) is 12.8. The highest BCUT2D eigenvalue weighted by Crippen LogP contribution is 2.30. The van der Waals surface area contributed by atoms with Crippen molar-refractivity contribution in [2.75, 3.05) is 6.54 Å². The van der Waals surface area contributed by atoms with Gasteiger partial charge >= 0.3 is 0 Å². The van der Waals surface area contributed by atoms with Gasteiger partial charge in [-0.05, 0) is 37.6 Å². The molecular formula is C14H26N4. The van der Waals surface area contributed by atoms with Gasteiger partial charge in [-0.25, -0.2) is 4.98 Å². The van der Waals surface area contributed by atoms with Crippen molar-refractivity contribution < 1.29 is 0 Å². The predicted molar refractivity (Wildman–Crippen MR) is 73.3 cm³/mol. The van der Waals surface area contributed by atoms with Crippen LogP contribution in [0, 0.1) is 11.8 Å². The molecule has 0 aliphatic heterocycles. The lowest BCUT2D eigenvalue weighted by Gasteiger charge is -2.35. The van der Waals surface area contributed by atoms with Gasteiger partial charge < -0.3 is 5.32 Å². The lowest BCUT2D eigenvalue weighted by molar-refractivity contribution is 0.206. The van der Waals surface area contributed by atoms with Crippen LogP contribution in [-0.4, -0.2) is 27.8 Å². The Morgan fingerprint density at radius 1 is 1.39 bits per heavy atom. The van der Waals surface area contributed by atoms with E-state index in [0.29, 0.717) is 0 Å². The molecule has 1 aromatic rings. The predicted octanol–water partition coefficient (Wildman–Crippen LogP) is 2.54. The minimum Gasteiger partial charge on any atom is -0.314 e. The molecule has 0 bridgehead atoms. The van der Waals surface area contributed by atoms with Crippen LogP contribution in [0.4, 0.5) is 0 Å². The summed E-state index contributed by atoms with van der Waals surface area (Å²) in [5.74, 6) is 2.67. The summed E-state index contributed by atoms with van der Waals surface area (Å²) >= 11 is 0. The Kier molecular flexibility index (Phi) is 5.17. The molecule has 1 aliphatic carbocycles. The van der Waals surface area contributed by atoms with Crippen molar-refractivity contribution in [2.45, 2.75) is 58.4 Å². The normalized spacial score (nSPS) is 24.6. The molecule has 1 aliphatic rings. The molecule has 4 heteroatoms. The average Bonchev–Trinajstić information content (AvgIpc) is 2.88. The molecule has 0 aromatic carbocycles. The van der Waals surface area contributed by atoms with E-state index < -0.39 is 0 Å². The van der Waals surface area contributed by atoms with Crippen LogP contribution in [0.25, 0.3) is 0 Å². The molecular weight excluding hydrogens is 224 g/mol. The second kappa shape index (κ2) is 6.88. The maximum absolute atomic E-state index is 4.15. The van der Waals surface area contributed by atoms with Gasteiger partial charge in [-0.3, -0.25) is 5.10 Å². The quantitative estimate of drug-likeness (QED) is 0.763. The van der Waals surface area contributed by atoms with Gasteiger partial charge in [-0.1, -0.05) is 26.7 Å². The molecule has 2 atom stereocenters. The van der Waals surface area contributed by atoms with Crippen molar-refractivity contribution in [1.82, 2.24) is 20.5 Å². The fraction of sp³-hybridized carbons (Fsp3) is 0.857. The molecule has 1 fully saturated rings. The fourth-order valence-corrected chi connectivity index (χ4v) is 3.11. The molecule has 102 valence electrons. The number of hydrogen-bond acceptors (Lipinski definition) is 3. The summed E-state index contributed by atoms with van der Waals surface area (Å²) < 4.78 is 0. The second-order valence-corrected chi connectivity index (χ2v) is 5.79. The van der Waals surface area contributed by atoms with E-state index in [1.165, 1.54) is 25.7 Å². The Morgan fingerprint density at radius 3 is 2.94 bits per heavy atom. The molecule has 0 amide bonds. The first kappa shape index (κ1) is 13.5. The van der Waals surface area contributed by atoms with Gasteiger partial charge in [0.1, 0.15) is 12.2 Å². The van der Waals surface area contributed by atoms with Crippen molar-refractivity contribution in [2.24, 2.45) is 11.8 Å². The molecule has 1 aromatic heterocycles. The number of nitrogens with zero attached hydrogens (tertiary/aromatic N) is 2. The molecule has 18 heavy (non-hydrogen) atoms. The molecule has 2 unspecified atom stereocenters. The van der Waals surface area contributed by atoms with Crippen LogP contribution >= 0.6 is 0 Å². The number of aromatic amines is 1. The summed E-state index contributed by atoms with van der Waals surface area (Å²) in [5.41, 5.74) is 0. The smallest absolute Gasteiger partial charge is 0.137 e. The number of aryl methyl sites for hydroxylation is 1. The van der Waals surface area contributed by atoms with E-state index in [-0.39, 0.29) is 0 Å². The van der Waals surface area contributed by atoms with Gasteiger partial charge in [0.05, 0.1) is 0 Å². The zero-order valence-electron chi connectivity index (χ0n) is 11.7. The molecule has 0 spiro atoms. The first-order valence-electron chi connectivity index (χ1n) is 7.35. The van der Waals surface area contributed by atoms with Crippen molar-refractivity contribution in [3.05, 3.63) is 12.2 Å². The van der Waals surface area contributed by atoms with Crippen molar-refractivity contribution >= 4 is 0 Å². The Hall–Kier alpha value is -0.900. The molecule has 0 radical (unpaired) electrons. The van der Waals surface area contributed by atoms with Crippen molar-refractivity contribution in [3.8, 4) is 0 Å². The maximum Gasteiger partial charge on any atom is 0.137 e. The van der Waals surface area contributed by atoms with E-state index in [9.17, 15) is 0 Å². The van der Waals surface area contributed by atoms with E-state index in [4.69, 9.17) is 0 Å². The third-order valence-electron chi connectivity index (χ3n) is 4.14. The highest BCUT2D eigenvalue weighted by Gasteiger charge is 2.26. The fourth-order valence-electron chi connectivity index (χ4n) is 3.11. The third-order valence-corrected chi connectivity index (χ3v) is 4.14. The minimum atomic E-state index is 0.730. The van der Waals surface area contributed by atoms with Crippen LogP contribution in [0.15, 0.2) is 6.33 Å². The molecule has 4 nitrogen and oxygen atoms in total. The standard InChI is InChI=1S/C14H26N4/c1-11(2)12-6-3-4-7-13(12)15-9-5-8-14-16-10-17-18-14/h10-13,15H,3-9H2,1-2H3,(H,16,17,18). The monoisotopic (exact) mass is 250 g/mol. The van der Waals surface area contributed by atoms with Crippen molar-refractivity contribution in [3.63, 3.8) is 0 Å². The Bertz CT molecular complexity index is 321. The highest BCUT2D eigenvalue weighted by molar-refractivity contribution is 4.84.